The van der Waals surface area contributed by atoms with Crippen molar-refractivity contribution in [2.45, 2.75) is 64.1 Å². The molecule has 3 nitrogen and oxygen atoms in total. The molecule has 16 heavy (non-hydrogen) atoms. The molecule has 2 atom stereocenters. The average molecular weight is 228 g/mol. The predicted molar refractivity (Wildman–Crippen MR) is 68.6 cm³/mol. The minimum atomic E-state index is -0.114. The van der Waals surface area contributed by atoms with E-state index in [2.05, 4.69) is 31.1 Å². The lowest BCUT2D eigenvalue weighted by atomic mass is 9.92. The highest BCUT2D eigenvalue weighted by atomic mass is 16.3. The molecule has 2 N–H and O–H groups in total. The van der Waals surface area contributed by atoms with Crippen molar-refractivity contribution in [2.75, 3.05) is 20.1 Å². The third-order valence-corrected chi connectivity index (χ3v) is 3.71. The summed E-state index contributed by atoms with van der Waals surface area (Å²) in [4.78, 5) is 2.36. The molecule has 1 aliphatic rings. The molecule has 0 aromatic rings. The average Bonchev–Trinajstić information content (AvgIpc) is 2.26. The van der Waals surface area contributed by atoms with Gasteiger partial charge in [0.2, 0.25) is 0 Å². The van der Waals surface area contributed by atoms with Gasteiger partial charge < -0.3 is 15.3 Å². The Labute approximate surface area is 100 Å². The maximum Gasteiger partial charge on any atom is 0.0693 e. The van der Waals surface area contributed by atoms with Crippen LogP contribution in [0.5, 0.6) is 0 Å². The maximum atomic E-state index is 9.79. The number of hydrogen-bond acceptors (Lipinski definition) is 3. The minimum Gasteiger partial charge on any atom is -0.392 e. The van der Waals surface area contributed by atoms with Crippen molar-refractivity contribution >= 4 is 0 Å². The van der Waals surface area contributed by atoms with Crippen LogP contribution < -0.4 is 5.32 Å². The van der Waals surface area contributed by atoms with Crippen molar-refractivity contribution in [3.05, 3.63) is 0 Å². The van der Waals surface area contributed by atoms with Gasteiger partial charge in [0.15, 0.2) is 0 Å². The van der Waals surface area contributed by atoms with Crippen molar-refractivity contribution < 1.29 is 5.11 Å². The van der Waals surface area contributed by atoms with Crippen LogP contribution in [0, 0.1) is 0 Å². The van der Waals surface area contributed by atoms with E-state index in [0.29, 0.717) is 12.1 Å². The van der Waals surface area contributed by atoms with E-state index in [-0.39, 0.29) is 6.10 Å². The first-order valence-corrected chi connectivity index (χ1v) is 6.73. The van der Waals surface area contributed by atoms with Gasteiger partial charge in [0.1, 0.15) is 0 Å². The second-order valence-electron chi connectivity index (χ2n) is 5.34. The number of aliphatic hydroxyl groups excluding tert-OH is 1. The summed E-state index contributed by atoms with van der Waals surface area (Å²) in [6.07, 6.45) is 5.62. The molecular weight excluding hydrogens is 200 g/mol. The molecule has 1 fully saturated rings. The molecule has 0 radical (unpaired) electrons. The highest BCUT2D eigenvalue weighted by Gasteiger charge is 2.21. The number of hydrogen-bond donors (Lipinski definition) is 2. The molecule has 0 amide bonds. The number of nitrogens with zero attached hydrogens (tertiary/aromatic N) is 1. The molecule has 3 heteroatoms. The Bertz CT molecular complexity index is 185. The highest BCUT2D eigenvalue weighted by molar-refractivity contribution is 4.80. The number of rotatable bonds is 6. The first kappa shape index (κ1) is 13.9. The summed E-state index contributed by atoms with van der Waals surface area (Å²) in [5.41, 5.74) is 0. The molecule has 1 saturated carbocycles. The Balaban J connectivity index is 2.06. The summed E-state index contributed by atoms with van der Waals surface area (Å²) >= 11 is 0. The standard InChI is InChI=1S/C13H28N2O/c1-11(2)15(3)10-6-9-14-12-7-4-5-8-13(12)16/h11-14,16H,4-10H2,1-3H3. The smallest absolute Gasteiger partial charge is 0.0693 e. The highest BCUT2D eigenvalue weighted by Crippen LogP contribution is 2.18. The van der Waals surface area contributed by atoms with E-state index in [1.807, 2.05) is 0 Å². The summed E-state index contributed by atoms with van der Waals surface area (Å²) in [7, 11) is 2.17. The van der Waals surface area contributed by atoms with Gasteiger partial charge in [-0.3, -0.25) is 0 Å². The zero-order chi connectivity index (χ0) is 12.0. The van der Waals surface area contributed by atoms with Gasteiger partial charge in [-0.25, -0.2) is 0 Å². The third-order valence-electron chi connectivity index (χ3n) is 3.71. The lowest BCUT2D eigenvalue weighted by Gasteiger charge is -2.29. The SMILES string of the molecule is CC(C)N(C)CCCNC1CCCCC1O. The maximum absolute atomic E-state index is 9.79. The molecule has 0 saturated heterocycles. The zero-order valence-corrected chi connectivity index (χ0v) is 11.1. The van der Waals surface area contributed by atoms with E-state index in [1.165, 1.54) is 12.8 Å². The topological polar surface area (TPSA) is 35.5 Å². The van der Waals surface area contributed by atoms with Crippen molar-refractivity contribution in [1.29, 1.82) is 0 Å². The van der Waals surface area contributed by atoms with E-state index in [9.17, 15) is 5.11 Å². The normalized spacial score (nSPS) is 26.6. The van der Waals surface area contributed by atoms with Crippen LogP contribution in [-0.4, -0.2) is 48.3 Å². The number of nitrogens with one attached hydrogen (secondary N) is 1. The van der Waals surface area contributed by atoms with Crippen molar-refractivity contribution in [3.63, 3.8) is 0 Å². The molecule has 1 aliphatic carbocycles. The van der Waals surface area contributed by atoms with Crippen LogP contribution in [0.1, 0.15) is 46.0 Å². The van der Waals surface area contributed by atoms with Crippen molar-refractivity contribution in [1.82, 2.24) is 10.2 Å². The van der Waals surface area contributed by atoms with Crippen molar-refractivity contribution in [2.24, 2.45) is 0 Å². The van der Waals surface area contributed by atoms with Gasteiger partial charge in [-0.05, 0) is 53.2 Å². The van der Waals surface area contributed by atoms with Gasteiger partial charge in [0, 0.05) is 12.1 Å². The van der Waals surface area contributed by atoms with Gasteiger partial charge in [0.05, 0.1) is 6.10 Å². The molecule has 0 aliphatic heterocycles. The van der Waals surface area contributed by atoms with E-state index >= 15 is 0 Å². The Hall–Kier alpha value is -0.120. The lowest BCUT2D eigenvalue weighted by Crippen LogP contribution is -2.43. The van der Waals surface area contributed by atoms with E-state index < -0.39 is 0 Å². The van der Waals surface area contributed by atoms with Gasteiger partial charge in [-0.15, -0.1) is 0 Å². The van der Waals surface area contributed by atoms with Crippen LogP contribution >= 0.6 is 0 Å². The summed E-state index contributed by atoms with van der Waals surface area (Å²) in [5.74, 6) is 0. The molecule has 0 bridgehead atoms. The monoisotopic (exact) mass is 228 g/mol. The van der Waals surface area contributed by atoms with Crippen molar-refractivity contribution in [3.8, 4) is 0 Å². The largest absolute Gasteiger partial charge is 0.392 e. The fourth-order valence-corrected chi connectivity index (χ4v) is 2.22. The van der Waals surface area contributed by atoms with Gasteiger partial charge in [-0.2, -0.15) is 0 Å². The molecule has 0 aromatic carbocycles. The lowest BCUT2D eigenvalue weighted by molar-refractivity contribution is 0.0904. The minimum absolute atomic E-state index is 0.114. The van der Waals surface area contributed by atoms with Gasteiger partial charge >= 0.3 is 0 Å². The quantitative estimate of drug-likeness (QED) is 0.678. The van der Waals surface area contributed by atoms with Gasteiger partial charge in [-0.1, -0.05) is 12.8 Å². The zero-order valence-electron chi connectivity index (χ0n) is 11.1. The summed E-state index contributed by atoms with van der Waals surface area (Å²) in [6.45, 7) is 6.60. The van der Waals surface area contributed by atoms with Crippen LogP contribution in [0.15, 0.2) is 0 Å². The fraction of sp³-hybridized carbons (Fsp3) is 1.00. The Kier molecular flexibility index (Phi) is 6.32. The van der Waals surface area contributed by atoms with E-state index in [4.69, 9.17) is 0 Å². The fourth-order valence-electron chi connectivity index (χ4n) is 2.22. The molecule has 2 unspecified atom stereocenters. The number of aliphatic hydroxyl groups is 1. The molecular formula is C13H28N2O. The Morgan fingerprint density at radius 2 is 2.00 bits per heavy atom. The first-order chi connectivity index (χ1) is 7.61. The predicted octanol–water partition coefficient (Wildman–Crippen LogP) is 1.61. The third kappa shape index (κ3) is 4.81. The Morgan fingerprint density at radius 1 is 1.31 bits per heavy atom. The summed E-state index contributed by atoms with van der Waals surface area (Å²) in [6, 6.07) is 0.971. The van der Waals surface area contributed by atoms with Gasteiger partial charge in [0.25, 0.3) is 0 Å². The molecule has 0 heterocycles. The Morgan fingerprint density at radius 3 is 2.62 bits per heavy atom. The second kappa shape index (κ2) is 7.25. The van der Waals surface area contributed by atoms with Crippen LogP contribution in [0.25, 0.3) is 0 Å². The van der Waals surface area contributed by atoms with Crippen LogP contribution in [0.3, 0.4) is 0 Å². The second-order valence-corrected chi connectivity index (χ2v) is 5.34. The summed E-state index contributed by atoms with van der Waals surface area (Å²) in [5, 5.41) is 13.3. The molecule has 0 aromatic heterocycles. The van der Waals surface area contributed by atoms with Crippen LogP contribution in [0.2, 0.25) is 0 Å². The molecule has 96 valence electrons. The molecule has 1 rings (SSSR count). The van der Waals surface area contributed by atoms with Crippen LogP contribution in [0.4, 0.5) is 0 Å². The first-order valence-electron chi connectivity index (χ1n) is 6.73. The van der Waals surface area contributed by atoms with E-state index in [1.54, 1.807) is 0 Å². The summed E-state index contributed by atoms with van der Waals surface area (Å²) < 4.78 is 0. The van der Waals surface area contributed by atoms with Crippen LogP contribution in [-0.2, 0) is 0 Å². The van der Waals surface area contributed by atoms with E-state index in [0.717, 1.165) is 32.4 Å². The molecule has 0 spiro atoms.